The average molecular weight is 334 g/mol. The van der Waals surface area contributed by atoms with Crippen LogP contribution in [0.1, 0.15) is 53.4 Å². The highest BCUT2D eigenvalue weighted by Gasteiger charge is 2.58. The van der Waals surface area contributed by atoms with Gasteiger partial charge in [0.05, 0.1) is 18.8 Å². The van der Waals surface area contributed by atoms with Gasteiger partial charge in [-0.2, -0.15) is 0 Å². The minimum absolute atomic E-state index is 0.00662. The van der Waals surface area contributed by atoms with Crippen molar-refractivity contribution < 1.29 is 20.1 Å². The van der Waals surface area contributed by atoms with Crippen LogP contribution in [0.4, 0.5) is 0 Å². The molecule has 1 fully saturated rings. The summed E-state index contributed by atoms with van der Waals surface area (Å²) < 4.78 is 0. The molecule has 0 amide bonds. The van der Waals surface area contributed by atoms with Crippen molar-refractivity contribution in [2.24, 2.45) is 22.7 Å². The Balaban J connectivity index is 2.15. The Morgan fingerprint density at radius 2 is 1.83 bits per heavy atom. The SMILES string of the molecule is CC(C)C1=C2[C@H]3C[C@@H](O)C(CO)=CC(=O)[C@]3(C)CC[C@@]2(C)[C@H](O)C1. The van der Waals surface area contributed by atoms with E-state index in [2.05, 4.69) is 20.8 Å². The third kappa shape index (κ3) is 2.34. The first-order valence-electron chi connectivity index (χ1n) is 9.10. The molecule has 3 aliphatic carbocycles. The lowest BCUT2D eigenvalue weighted by Crippen LogP contribution is -2.47. The van der Waals surface area contributed by atoms with E-state index in [1.807, 2.05) is 6.92 Å². The van der Waals surface area contributed by atoms with Crippen molar-refractivity contribution in [2.75, 3.05) is 6.61 Å². The first-order valence-corrected chi connectivity index (χ1v) is 9.10. The molecule has 0 bridgehead atoms. The third-order valence-corrected chi connectivity index (χ3v) is 7.04. The van der Waals surface area contributed by atoms with Crippen LogP contribution in [0.3, 0.4) is 0 Å². The minimum Gasteiger partial charge on any atom is -0.392 e. The number of rotatable bonds is 2. The van der Waals surface area contributed by atoms with Gasteiger partial charge in [0.25, 0.3) is 0 Å². The summed E-state index contributed by atoms with van der Waals surface area (Å²) in [5, 5.41) is 30.8. The summed E-state index contributed by atoms with van der Waals surface area (Å²) in [6.07, 6.45) is 2.87. The van der Waals surface area contributed by atoms with E-state index in [4.69, 9.17) is 0 Å². The third-order valence-electron chi connectivity index (χ3n) is 7.04. The van der Waals surface area contributed by atoms with Crippen LogP contribution in [0.5, 0.6) is 0 Å². The van der Waals surface area contributed by atoms with Crippen molar-refractivity contribution in [3.63, 3.8) is 0 Å². The summed E-state index contributed by atoms with van der Waals surface area (Å²) in [5.41, 5.74) is 2.03. The standard InChI is InChI=1S/C20H30O4/c1-11(2)13-8-17(24)20(4)6-5-19(3)14(18(13)20)9-15(22)12(10-21)7-16(19)23/h7,11,14-15,17,21-22,24H,5-6,8-10H2,1-4H3/t14-,15-,17-,19-,20+/m1/s1. The molecular weight excluding hydrogens is 304 g/mol. The highest BCUT2D eigenvalue weighted by atomic mass is 16.3. The van der Waals surface area contributed by atoms with Crippen molar-refractivity contribution in [3.05, 3.63) is 22.8 Å². The summed E-state index contributed by atoms with van der Waals surface area (Å²) in [5.74, 6) is 0.250. The smallest absolute Gasteiger partial charge is 0.162 e. The second-order valence-electron chi connectivity index (χ2n) is 8.69. The summed E-state index contributed by atoms with van der Waals surface area (Å²) in [6, 6.07) is 0. The zero-order valence-corrected chi connectivity index (χ0v) is 15.2. The molecule has 0 unspecified atom stereocenters. The monoisotopic (exact) mass is 334 g/mol. The van der Waals surface area contributed by atoms with E-state index in [9.17, 15) is 20.1 Å². The number of aliphatic hydroxyl groups excluding tert-OH is 3. The maximum Gasteiger partial charge on any atom is 0.162 e. The van der Waals surface area contributed by atoms with Gasteiger partial charge in [0.15, 0.2) is 5.78 Å². The van der Waals surface area contributed by atoms with E-state index < -0.39 is 17.6 Å². The van der Waals surface area contributed by atoms with Gasteiger partial charge in [0, 0.05) is 10.8 Å². The highest BCUT2D eigenvalue weighted by molar-refractivity contribution is 5.96. The number of hydrogen-bond acceptors (Lipinski definition) is 4. The number of carbonyl (C=O) groups is 1. The van der Waals surface area contributed by atoms with Gasteiger partial charge in [0.2, 0.25) is 0 Å². The normalized spacial score (nSPS) is 42.8. The lowest BCUT2D eigenvalue weighted by atomic mass is 9.54. The van der Waals surface area contributed by atoms with Gasteiger partial charge in [-0.05, 0) is 49.2 Å². The first-order chi connectivity index (χ1) is 11.1. The van der Waals surface area contributed by atoms with Crippen molar-refractivity contribution in [3.8, 4) is 0 Å². The van der Waals surface area contributed by atoms with E-state index in [1.54, 1.807) is 0 Å². The molecule has 0 spiro atoms. The van der Waals surface area contributed by atoms with Crippen LogP contribution in [0.2, 0.25) is 0 Å². The van der Waals surface area contributed by atoms with Crippen molar-refractivity contribution in [2.45, 2.75) is 65.6 Å². The Labute approximate surface area is 144 Å². The topological polar surface area (TPSA) is 77.8 Å². The molecule has 3 rings (SSSR count). The number of ketones is 1. The van der Waals surface area contributed by atoms with Crippen LogP contribution >= 0.6 is 0 Å². The van der Waals surface area contributed by atoms with E-state index >= 15 is 0 Å². The predicted molar refractivity (Wildman–Crippen MR) is 92.2 cm³/mol. The molecule has 4 nitrogen and oxygen atoms in total. The molecule has 0 saturated heterocycles. The van der Waals surface area contributed by atoms with Crippen LogP contribution in [-0.4, -0.2) is 39.9 Å². The fourth-order valence-corrected chi connectivity index (χ4v) is 5.20. The molecule has 0 aromatic heterocycles. The summed E-state index contributed by atoms with van der Waals surface area (Å²) >= 11 is 0. The maximum atomic E-state index is 13.0. The van der Waals surface area contributed by atoms with Crippen LogP contribution in [0.15, 0.2) is 22.8 Å². The molecule has 0 radical (unpaired) electrons. The van der Waals surface area contributed by atoms with E-state index in [0.717, 1.165) is 6.42 Å². The molecule has 4 heteroatoms. The number of carbonyl (C=O) groups excluding carboxylic acids is 1. The highest BCUT2D eigenvalue weighted by Crippen LogP contribution is 2.62. The van der Waals surface area contributed by atoms with Crippen LogP contribution in [-0.2, 0) is 4.79 Å². The molecule has 24 heavy (non-hydrogen) atoms. The molecule has 0 heterocycles. The van der Waals surface area contributed by atoms with Crippen LogP contribution < -0.4 is 0 Å². The molecular formula is C20H30O4. The zero-order chi connectivity index (χ0) is 17.9. The lowest BCUT2D eigenvalue weighted by Gasteiger charge is -2.49. The quantitative estimate of drug-likeness (QED) is 0.678. The molecule has 5 atom stereocenters. The second kappa shape index (κ2) is 5.79. The van der Waals surface area contributed by atoms with Crippen LogP contribution in [0, 0.1) is 22.7 Å². The van der Waals surface area contributed by atoms with Gasteiger partial charge in [-0.15, -0.1) is 0 Å². The first kappa shape index (κ1) is 17.8. The van der Waals surface area contributed by atoms with Gasteiger partial charge in [-0.3, -0.25) is 4.79 Å². The summed E-state index contributed by atoms with van der Waals surface area (Å²) in [7, 11) is 0. The number of aliphatic hydroxyl groups is 3. The number of fused-ring (bicyclic) bond motifs is 3. The molecule has 0 aromatic rings. The molecule has 3 aliphatic rings. The van der Waals surface area contributed by atoms with Crippen molar-refractivity contribution in [1.29, 1.82) is 0 Å². The largest absolute Gasteiger partial charge is 0.392 e. The summed E-state index contributed by atoms with van der Waals surface area (Å²) in [4.78, 5) is 13.0. The van der Waals surface area contributed by atoms with Gasteiger partial charge in [-0.1, -0.05) is 38.8 Å². The maximum absolute atomic E-state index is 13.0. The van der Waals surface area contributed by atoms with Crippen molar-refractivity contribution >= 4 is 5.78 Å². The minimum atomic E-state index is -0.799. The zero-order valence-electron chi connectivity index (χ0n) is 15.2. The molecule has 1 saturated carbocycles. The van der Waals surface area contributed by atoms with E-state index in [-0.39, 0.29) is 23.7 Å². The Morgan fingerprint density at radius 1 is 1.21 bits per heavy atom. The summed E-state index contributed by atoms with van der Waals surface area (Å²) in [6.45, 7) is 8.10. The van der Waals surface area contributed by atoms with Gasteiger partial charge < -0.3 is 15.3 Å². The van der Waals surface area contributed by atoms with Crippen LogP contribution in [0.25, 0.3) is 0 Å². The Kier molecular flexibility index (Phi) is 4.30. The predicted octanol–water partition coefficient (Wildman–Crippen LogP) is 2.38. The lowest BCUT2D eigenvalue weighted by molar-refractivity contribution is -0.128. The van der Waals surface area contributed by atoms with Crippen molar-refractivity contribution in [1.82, 2.24) is 0 Å². The Hall–Kier alpha value is -0.970. The van der Waals surface area contributed by atoms with E-state index in [1.165, 1.54) is 17.2 Å². The average Bonchev–Trinajstić information content (AvgIpc) is 2.74. The molecule has 3 N–H and O–H groups in total. The fraction of sp³-hybridized carbons (Fsp3) is 0.750. The van der Waals surface area contributed by atoms with Gasteiger partial charge in [-0.25, -0.2) is 0 Å². The number of hydrogen-bond donors (Lipinski definition) is 3. The molecule has 0 aliphatic heterocycles. The van der Waals surface area contributed by atoms with Gasteiger partial charge in [0.1, 0.15) is 0 Å². The van der Waals surface area contributed by atoms with Gasteiger partial charge >= 0.3 is 0 Å². The number of allylic oxidation sites excluding steroid dienone is 1. The second-order valence-corrected chi connectivity index (χ2v) is 8.69. The van der Waals surface area contributed by atoms with E-state index in [0.29, 0.717) is 30.8 Å². The molecule has 0 aromatic carbocycles. The Bertz CT molecular complexity index is 617. The Morgan fingerprint density at radius 3 is 2.42 bits per heavy atom. The fourth-order valence-electron chi connectivity index (χ4n) is 5.20. The molecule has 134 valence electrons.